The number of ether oxygens (including phenoxy) is 1. The Bertz CT molecular complexity index is 1110. The molecule has 3 aromatic carbocycles. The second-order valence-corrected chi connectivity index (χ2v) is 8.92. The highest BCUT2D eigenvalue weighted by atomic mass is 79.9. The molecule has 0 saturated heterocycles. The Balaban J connectivity index is 1.67. The van der Waals surface area contributed by atoms with E-state index in [9.17, 15) is 4.79 Å². The van der Waals surface area contributed by atoms with Crippen LogP contribution >= 0.6 is 63.0 Å². The molecule has 160 valence electrons. The Morgan fingerprint density at radius 2 is 1.68 bits per heavy atom. The van der Waals surface area contributed by atoms with Crippen molar-refractivity contribution in [3.05, 3.63) is 91.3 Å². The number of thiocarbonyl (C=S) groups is 1. The zero-order valence-electron chi connectivity index (χ0n) is 15.9. The van der Waals surface area contributed by atoms with Gasteiger partial charge in [-0.05, 0) is 48.1 Å². The molecule has 0 aliphatic heterocycles. The predicted octanol–water partition coefficient (Wildman–Crippen LogP) is 7.16. The molecule has 0 unspecified atom stereocenters. The summed E-state index contributed by atoms with van der Waals surface area (Å²) >= 11 is 26.7. The summed E-state index contributed by atoms with van der Waals surface area (Å²) in [5.74, 6) is 0.0247. The van der Waals surface area contributed by atoms with Crippen molar-refractivity contribution in [1.82, 2.24) is 5.32 Å². The molecule has 0 aliphatic rings. The normalized spacial score (nSPS) is 10.5. The van der Waals surface area contributed by atoms with Gasteiger partial charge < -0.3 is 10.1 Å². The van der Waals surface area contributed by atoms with Gasteiger partial charge in [0.1, 0.15) is 5.75 Å². The molecule has 3 rings (SSSR count). The highest BCUT2D eigenvalue weighted by Crippen LogP contribution is 2.32. The third-order valence-corrected chi connectivity index (χ3v) is 5.89. The van der Waals surface area contributed by atoms with Crippen LogP contribution in [0.25, 0.3) is 0 Å². The molecule has 2 N–H and O–H groups in total. The summed E-state index contributed by atoms with van der Waals surface area (Å²) < 4.78 is 6.60. The Morgan fingerprint density at radius 3 is 2.42 bits per heavy atom. The fraction of sp³-hybridized carbons (Fsp3) is 0.0909. The molecule has 0 radical (unpaired) electrons. The molecule has 0 heterocycles. The Labute approximate surface area is 209 Å². The number of carbonyl (C=O) groups excluding carboxylic acids is 1. The first-order valence-electron chi connectivity index (χ1n) is 9.06. The summed E-state index contributed by atoms with van der Waals surface area (Å²) in [4.78, 5) is 12.8. The lowest BCUT2D eigenvalue weighted by Gasteiger charge is -2.14. The molecule has 0 atom stereocenters. The van der Waals surface area contributed by atoms with Crippen molar-refractivity contribution < 1.29 is 9.53 Å². The summed E-state index contributed by atoms with van der Waals surface area (Å²) in [6.45, 7) is 0.424. The lowest BCUT2D eigenvalue weighted by Crippen LogP contribution is -2.34. The van der Waals surface area contributed by atoms with Crippen LogP contribution < -0.4 is 15.4 Å². The number of nitrogens with one attached hydrogen (secondary N) is 2. The first kappa shape index (κ1) is 23.8. The van der Waals surface area contributed by atoms with Gasteiger partial charge in [0.15, 0.2) is 5.11 Å². The number of halogens is 4. The van der Waals surface area contributed by atoms with Gasteiger partial charge in [0.2, 0.25) is 0 Å². The van der Waals surface area contributed by atoms with Gasteiger partial charge >= 0.3 is 0 Å². The van der Waals surface area contributed by atoms with Crippen molar-refractivity contribution in [3.63, 3.8) is 0 Å². The predicted molar refractivity (Wildman–Crippen MR) is 135 cm³/mol. The van der Waals surface area contributed by atoms with E-state index < -0.39 is 5.91 Å². The maximum Gasteiger partial charge on any atom is 0.261 e. The number of amides is 1. The van der Waals surface area contributed by atoms with Crippen LogP contribution in [0.1, 0.15) is 15.9 Å². The number of anilines is 1. The van der Waals surface area contributed by atoms with E-state index in [1.165, 1.54) is 12.1 Å². The van der Waals surface area contributed by atoms with E-state index in [1.807, 2.05) is 30.3 Å². The lowest BCUT2D eigenvalue weighted by molar-refractivity contribution is 0.0973. The van der Waals surface area contributed by atoms with Crippen molar-refractivity contribution in [2.45, 2.75) is 6.42 Å². The largest absolute Gasteiger partial charge is 0.492 e. The Morgan fingerprint density at radius 1 is 0.968 bits per heavy atom. The van der Waals surface area contributed by atoms with E-state index >= 15 is 0 Å². The summed E-state index contributed by atoms with van der Waals surface area (Å²) in [6.07, 6.45) is 0.716. The standard InChI is InChI=1S/C22H16BrCl3N2O2S/c23-14-6-7-20(30-9-8-13-4-2-1-3-5-13)15(10-14)21(29)28-22(31)27-19-12-17(25)16(24)11-18(19)26/h1-7,10-12H,8-9H2,(H2,27,28,29,31). The average Bonchev–Trinajstić information content (AvgIpc) is 2.73. The van der Waals surface area contributed by atoms with Crippen LogP contribution in [0, 0.1) is 0 Å². The van der Waals surface area contributed by atoms with Crippen molar-refractivity contribution in [1.29, 1.82) is 0 Å². The highest BCUT2D eigenvalue weighted by Gasteiger charge is 2.16. The van der Waals surface area contributed by atoms with E-state index in [0.29, 0.717) is 45.1 Å². The highest BCUT2D eigenvalue weighted by molar-refractivity contribution is 9.10. The van der Waals surface area contributed by atoms with Gasteiger partial charge in [-0.2, -0.15) is 0 Å². The number of carbonyl (C=O) groups is 1. The molecular weight excluding hydrogens is 543 g/mol. The molecule has 9 heteroatoms. The molecule has 31 heavy (non-hydrogen) atoms. The van der Waals surface area contributed by atoms with Crippen LogP contribution in [0.15, 0.2) is 65.1 Å². The smallest absolute Gasteiger partial charge is 0.261 e. The van der Waals surface area contributed by atoms with Crippen LogP contribution in [-0.4, -0.2) is 17.6 Å². The number of hydrogen-bond acceptors (Lipinski definition) is 3. The SMILES string of the molecule is O=C(NC(=S)Nc1cc(Cl)c(Cl)cc1Cl)c1cc(Br)ccc1OCCc1ccccc1. The third-order valence-electron chi connectivity index (χ3n) is 4.16. The first-order valence-corrected chi connectivity index (χ1v) is 11.4. The maximum absolute atomic E-state index is 12.8. The summed E-state index contributed by atoms with van der Waals surface area (Å²) in [6, 6.07) is 18.2. The third kappa shape index (κ3) is 6.82. The topological polar surface area (TPSA) is 50.4 Å². The van der Waals surface area contributed by atoms with E-state index in [1.54, 1.807) is 18.2 Å². The number of rotatable bonds is 6. The van der Waals surface area contributed by atoms with Crippen LogP contribution in [0.2, 0.25) is 15.1 Å². The van der Waals surface area contributed by atoms with Crippen molar-refractivity contribution in [2.75, 3.05) is 11.9 Å². The number of benzene rings is 3. The van der Waals surface area contributed by atoms with Crippen molar-refractivity contribution >= 4 is 79.7 Å². The number of hydrogen-bond donors (Lipinski definition) is 2. The molecule has 4 nitrogen and oxygen atoms in total. The summed E-state index contributed by atoms with van der Waals surface area (Å²) in [7, 11) is 0. The fourth-order valence-corrected chi connectivity index (χ4v) is 3.83. The quantitative estimate of drug-likeness (QED) is 0.249. The van der Waals surface area contributed by atoms with E-state index in [0.717, 1.165) is 10.0 Å². The zero-order chi connectivity index (χ0) is 22.4. The Kier molecular flexibility index (Phi) is 8.58. The van der Waals surface area contributed by atoms with Gasteiger partial charge in [-0.3, -0.25) is 10.1 Å². The maximum atomic E-state index is 12.8. The second kappa shape index (κ2) is 11.2. The van der Waals surface area contributed by atoms with Gasteiger partial charge in [-0.1, -0.05) is 81.1 Å². The molecule has 0 aromatic heterocycles. The van der Waals surface area contributed by atoms with Crippen LogP contribution in [0.4, 0.5) is 5.69 Å². The van der Waals surface area contributed by atoms with E-state index in [2.05, 4.69) is 26.6 Å². The average molecular weight is 559 g/mol. The summed E-state index contributed by atoms with van der Waals surface area (Å²) in [5.41, 5.74) is 1.91. The molecule has 0 spiro atoms. The van der Waals surface area contributed by atoms with Gasteiger partial charge in [0.25, 0.3) is 5.91 Å². The fourth-order valence-electron chi connectivity index (χ4n) is 2.67. The van der Waals surface area contributed by atoms with Crippen LogP contribution in [0.3, 0.4) is 0 Å². The molecule has 3 aromatic rings. The minimum absolute atomic E-state index is 0.0560. The molecular formula is C22H16BrCl3N2O2S. The van der Waals surface area contributed by atoms with Crippen molar-refractivity contribution in [3.8, 4) is 5.75 Å². The van der Waals surface area contributed by atoms with E-state index in [-0.39, 0.29) is 5.11 Å². The zero-order valence-corrected chi connectivity index (χ0v) is 20.6. The van der Waals surface area contributed by atoms with Gasteiger partial charge in [-0.15, -0.1) is 0 Å². The molecule has 0 bridgehead atoms. The lowest BCUT2D eigenvalue weighted by atomic mass is 10.1. The molecule has 0 aliphatic carbocycles. The molecule has 0 saturated carbocycles. The minimum atomic E-state index is -0.426. The van der Waals surface area contributed by atoms with Gasteiger partial charge in [-0.25, -0.2) is 0 Å². The van der Waals surface area contributed by atoms with Gasteiger partial charge in [0, 0.05) is 10.9 Å². The van der Waals surface area contributed by atoms with Gasteiger partial charge in [0.05, 0.1) is 32.9 Å². The monoisotopic (exact) mass is 556 g/mol. The van der Waals surface area contributed by atoms with Crippen molar-refractivity contribution in [2.24, 2.45) is 0 Å². The van der Waals surface area contributed by atoms with Crippen LogP contribution in [0.5, 0.6) is 5.75 Å². The second-order valence-electron chi connectivity index (χ2n) is 6.38. The summed E-state index contributed by atoms with van der Waals surface area (Å²) in [5, 5.41) is 6.48. The molecule has 1 amide bonds. The minimum Gasteiger partial charge on any atom is -0.492 e. The molecule has 0 fully saturated rings. The first-order chi connectivity index (χ1) is 14.8. The van der Waals surface area contributed by atoms with E-state index in [4.69, 9.17) is 51.8 Å². The van der Waals surface area contributed by atoms with Crippen LogP contribution in [-0.2, 0) is 6.42 Å². The Hall–Kier alpha value is -1.83.